The Bertz CT molecular complexity index is 399. The van der Waals surface area contributed by atoms with Crippen LogP contribution in [0.15, 0.2) is 30.3 Å². The standard InChI is InChI=1S/C15H23N3O/c1-2-17-8-10-18(11-9-17)15(19)14(16)12-13-6-4-3-5-7-13/h3-7,14H,2,8-12,16H2,1H3/t14-/m1/s1. The molecule has 0 bridgehead atoms. The molecule has 0 unspecified atom stereocenters. The molecule has 1 heterocycles. The van der Waals surface area contributed by atoms with Crippen molar-refractivity contribution in [3.8, 4) is 0 Å². The summed E-state index contributed by atoms with van der Waals surface area (Å²) in [5.74, 6) is 0.0830. The number of rotatable bonds is 4. The van der Waals surface area contributed by atoms with Crippen molar-refractivity contribution in [3.63, 3.8) is 0 Å². The number of amides is 1. The van der Waals surface area contributed by atoms with Crippen LogP contribution in [-0.2, 0) is 11.2 Å². The molecule has 0 aliphatic carbocycles. The van der Waals surface area contributed by atoms with Gasteiger partial charge in [-0.1, -0.05) is 37.3 Å². The summed E-state index contributed by atoms with van der Waals surface area (Å²) in [4.78, 5) is 16.5. The zero-order valence-corrected chi connectivity index (χ0v) is 11.6. The molecule has 104 valence electrons. The zero-order valence-electron chi connectivity index (χ0n) is 11.6. The number of hydrogen-bond donors (Lipinski definition) is 1. The lowest BCUT2D eigenvalue weighted by atomic mass is 10.1. The van der Waals surface area contributed by atoms with Crippen molar-refractivity contribution in [1.82, 2.24) is 9.80 Å². The van der Waals surface area contributed by atoms with Gasteiger partial charge in [-0.3, -0.25) is 4.79 Å². The molecule has 4 heteroatoms. The van der Waals surface area contributed by atoms with E-state index in [0.29, 0.717) is 6.42 Å². The van der Waals surface area contributed by atoms with E-state index in [1.807, 2.05) is 35.2 Å². The number of carbonyl (C=O) groups excluding carboxylic acids is 1. The molecule has 1 fully saturated rings. The first-order valence-corrected chi connectivity index (χ1v) is 7.01. The van der Waals surface area contributed by atoms with E-state index >= 15 is 0 Å². The highest BCUT2D eigenvalue weighted by molar-refractivity contribution is 5.82. The predicted octanol–water partition coefficient (Wildman–Crippen LogP) is 0.721. The Hall–Kier alpha value is -1.39. The molecule has 0 saturated carbocycles. The monoisotopic (exact) mass is 261 g/mol. The zero-order chi connectivity index (χ0) is 13.7. The second kappa shape index (κ2) is 6.68. The molecule has 1 aliphatic rings. The molecular weight excluding hydrogens is 238 g/mol. The predicted molar refractivity (Wildman–Crippen MR) is 76.8 cm³/mol. The van der Waals surface area contributed by atoms with Crippen molar-refractivity contribution in [2.45, 2.75) is 19.4 Å². The molecule has 19 heavy (non-hydrogen) atoms. The van der Waals surface area contributed by atoms with Gasteiger partial charge in [0.15, 0.2) is 0 Å². The summed E-state index contributed by atoms with van der Waals surface area (Å²) in [7, 11) is 0. The van der Waals surface area contributed by atoms with Gasteiger partial charge in [0.05, 0.1) is 6.04 Å². The van der Waals surface area contributed by atoms with Gasteiger partial charge in [0, 0.05) is 26.2 Å². The van der Waals surface area contributed by atoms with Gasteiger partial charge in [0.25, 0.3) is 0 Å². The highest BCUT2D eigenvalue weighted by atomic mass is 16.2. The van der Waals surface area contributed by atoms with Crippen LogP contribution in [0.5, 0.6) is 0 Å². The van der Waals surface area contributed by atoms with Crippen LogP contribution in [0.4, 0.5) is 0 Å². The lowest BCUT2D eigenvalue weighted by Gasteiger charge is -2.35. The van der Waals surface area contributed by atoms with Crippen molar-refractivity contribution in [2.24, 2.45) is 5.73 Å². The molecule has 1 aliphatic heterocycles. The fourth-order valence-electron chi connectivity index (χ4n) is 2.47. The summed E-state index contributed by atoms with van der Waals surface area (Å²) < 4.78 is 0. The van der Waals surface area contributed by atoms with Crippen molar-refractivity contribution in [1.29, 1.82) is 0 Å². The number of nitrogens with two attached hydrogens (primary N) is 1. The fraction of sp³-hybridized carbons (Fsp3) is 0.533. The third-order valence-electron chi connectivity index (χ3n) is 3.75. The molecule has 0 radical (unpaired) electrons. The van der Waals surface area contributed by atoms with E-state index in [9.17, 15) is 4.79 Å². The topological polar surface area (TPSA) is 49.6 Å². The Balaban J connectivity index is 1.86. The molecule has 4 nitrogen and oxygen atoms in total. The largest absolute Gasteiger partial charge is 0.339 e. The maximum atomic E-state index is 12.3. The third kappa shape index (κ3) is 3.78. The van der Waals surface area contributed by atoms with E-state index in [1.165, 1.54) is 0 Å². The number of hydrogen-bond acceptors (Lipinski definition) is 3. The summed E-state index contributed by atoms with van der Waals surface area (Å²) in [6.45, 7) is 6.72. The highest BCUT2D eigenvalue weighted by Gasteiger charge is 2.24. The van der Waals surface area contributed by atoms with Crippen LogP contribution in [0.2, 0.25) is 0 Å². The van der Waals surface area contributed by atoms with Gasteiger partial charge in [-0.2, -0.15) is 0 Å². The van der Waals surface area contributed by atoms with Gasteiger partial charge in [0.1, 0.15) is 0 Å². The van der Waals surface area contributed by atoms with Crippen LogP contribution in [0.25, 0.3) is 0 Å². The SMILES string of the molecule is CCN1CCN(C(=O)[C@H](N)Cc2ccccc2)CC1. The van der Waals surface area contributed by atoms with Crippen molar-refractivity contribution in [3.05, 3.63) is 35.9 Å². The second-order valence-electron chi connectivity index (χ2n) is 5.06. The van der Waals surface area contributed by atoms with Crippen LogP contribution in [0.3, 0.4) is 0 Å². The smallest absolute Gasteiger partial charge is 0.239 e. The van der Waals surface area contributed by atoms with E-state index < -0.39 is 6.04 Å². The molecular formula is C15H23N3O. The first-order valence-electron chi connectivity index (χ1n) is 7.01. The Morgan fingerprint density at radius 3 is 2.42 bits per heavy atom. The van der Waals surface area contributed by atoms with Crippen LogP contribution in [-0.4, -0.2) is 54.5 Å². The Labute approximate surface area is 115 Å². The van der Waals surface area contributed by atoms with E-state index in [0.717, 1.165) is 38.3 Å². The summed E-state index contributed by atoms with van der Waals surface area (Å²) in [5, 5.41) is 0. The first-order chi connectivity index (χ1) is 9.20. The minimum absolute atomic E-state index is 0.0830. The summed E-state index contributed by atoms with van der Waals surface area (Å²) in [5.41, 5.74) is 7.16. The van der Waals surface area contributed by atoms with Crippen LogP contribution < -0.4 is 5.73 Å². The number of likely N-dealkylation sites (N-methyl/N-ethyl adjacent to an activating group) is 1. The van der Waals surface area contributed by atoms with Crippen molar-refractivity contribution < 1.29 is 4.79 Å². The third-order valence-corrected chi connectivity index (χ3v) is 3.75. The Morgan fingerprint density at radius 1 is 1.21 bits per heavy atom. The average molecular weight is 261 g/mol. The number of piperazine rings is 1. The molecule has 0 aromatic heterocycles. The van der Waals surface area contributed by atoms with E-state index in [2.05, 4.69) is 11.8 Å². The Kier molecular flexibility index (Phi) is 4.93. The van der Waals surface area contributed by atoms with Gasteiger partial charge in [-0.05, 0) is 18.5 Å². The van der Waals surface area contributed by atoms with Gasteiger partial charge in [-0.25, -0.2) is 0 Å². The normalized spacial score (nSPS) is 18.3. The lowest BCUT2D eigenvalue weighted by molar-refractivity contribution is -0.134. The van der Waals surface area contributed by atoms with Crippen molar-refractivity contribution >= 4 is 5.91 Å². The Morgan fingerprint density at radius 2 is 1.84 bits per heavy atom. The van der Waals surface area contributed by atoms with Gasteiger partial charge in [-0.15, -0.1) is 0 Å². The molecule has 1 amide bonds. The van der Waals surface area contributed by atoms with Crippen LogP contribution >= 0.6 is 0 Å². The fourth-order valence-corrected chi connectivity index (χ4v) is 2.47. The molecule has 1 saturated heterocycles. The maximum absolute atomic E-state index is 12.3. The van der Waals surface area contributed by atoms with Gasteiger partial charge in [0.2, 0.25) is 5.91 Å². The summed E-state index contributed by atoms with van der Waals surface area (Å²) in [6, 6.07) is 9.54. The highest BCUT2D eigenvalue weighted by Crippen LogP contribution is 2.07. The second-order valence-corrected chi connectivity index (χ2v) is 5.06. The molecule has 1 aromatic carbocycles. The van der Waals surface area contributed by atoms with Crippen LogP contribution in [0.1, 0.15) is 12.5 Å². The molecule has 2 N–H and O–H groups in total. The molecule has 2 rings (SSSR count). The number of carbonyl (C=O) groups is 1. The van der Waals surface area contributed by atoms with Gasteiger partial charge < -0.3 is 15.5 Å². The van der Waals surface area contributed by atoms with Crippen LogP contribution in [0, 0.1) is 0 Å². The van der Waals surface area contributed by atoms with E-state index in [1.54, 1.807) is 0 Å². The number of nitrogens with zero attached hydrogens (tertiary/aromatic N) is 2. The molecule has 1 atom stereocenters. The molecule has 0 spiro atoms. The van der Waals surface area contributed by atoms with E-state index in [-0.39, 0.29) is 5.91 Å². The maximum Gasteiger partial charge on any atom is 0.239 e. The minimum atomic E-state index is -0.421. The average Bonchev–Trinajstić information content (AvgIpc) is 2.47. The first kappa shape index (κ1) is 14.0. The van der Waals surface area contributed by atoms with Gasteiger partial charge >= 0.3 is 0 Å². The summed E-state index contributed by atoms with van der Waals surface area (Å²) in [6.07, 6.45) is 0.619. The van der Waals surface area contributed by atoms with E-state index in [4.69, 9.17) is 5.73 Å². The number of benzene rings is 1. The minimum Gasteiger partial charge on any atom is -0.339 e. The summed E-state index contributed by atoms with van der Waals surface area (Å²) >= 11 is 0. The lowest BCUT2D eigenvalue weighted by Crippen LogP contribution is -2.53. The molecule has 1 aromatic rings. The van der Waals surface area contributed by atoms with Crippen molar-refractivity contribution in [2.75, 3.05) is 32.7 Å². The quantitative estimate of drug-likeness (QED) is 0.869.